The Bertz CT molecular complexity index is 639. The van der Waals surface area contributed by atoms with Crippen molar-refractivity contribution in [2.24, 2.45) is 0 Å². The third-order valence-electron chi connectivity index (χ3n) is 4.26. The Balaban J connectivity index is 2.30. The molecule has 0 bridgehead atoms. The molecule has 0 saturated carbocycles. The van der Waals surface area contributed by atoms with Crippen LogP contribution in [0.1, 0.15) is 25.3 Å². The first kappa shape index (κ1) is 17.4. The fourth-order valence-electron chi connectivity index (χ4n) is 2.43. The normalized spacial score (nSPS) is 19.7. The number of hydrogen-bond donors (Lipinski definition) is 1. The number of nitrogens with zero attached hydrogens (tertiary/aromatic N) is 1. The third kappa shape index (κ3) is 3.52. The number of rotatable bonds is 3. The number of sulfonamides is 1. The summed E-state index contributed by atoms with van der Waals surface area (Å²) in [6.07, 6.45) is 1.63. The largest absolute Gasteiger partial charge is 0.314 e. The molecule has 0 aromatic heterocycles. The molecule has 1 aromatic rings. The van der Waals surface area contributed by atoms with E-state index in [-0.39, 0.29) is 5.54 Å². The number of benzene rings is 1. The second-order valence-electron chi connectivity index (χ2n) is 5.75. The van der Waals surface area contributed by atoms with Gasteiger partial charge in [0.1, 0.15) is 0 Å². The maximum atomic E-state index is 12.8. The summed E-state index contributed by atoms with van der Waals surface area (Å²) in [4.78, 5) is 0.327. The average Bonchev–Trinajstić information content (AvgIpc) is 2.43. The van der Waals surface area contributed by atoms with Crippen LogP contribution in [0.25, 0.3) is 0 Å². The standard InChI is InChI=1S/C14H20Br2N2O2S/c1-10-8-12(16)13(9-11(10)15)21(19,20)18-6-4-14(2,17-3)5-7-18/h8-9,17H,4-7H2,1-3H3. The van der Waals surface area contributed by atoms with Crippen LogP contribution in [0.5, 0.6) is 0 Å². The molecule has 7 heteroatoms. The molecule has 21 heavy (non-hydrogen) atoms. The minimum absolute atomic E-state index is 0.0249. The fourth-order valence-corrected chi connectivity index (χ4v) is 5.51. The van der Waals surface area contributed by atoms with E-state index < -0.39 is 10.0 Å². The Morgan fingerprint density at radius 3 is 2.29 bits per heavy atom. The molecule has 0 aliphatic carbocycles. The monoisotopic (exact) mass is 438 g/mol. The Hall–Kier alpha value is 0.0500. The smallest absolute Gasteiger partial charge is 0.244 e. The molecular weight excluding hydrogens is 420 g/mol. The van der Waals surface area contributed by atoms with Gasteiger partial charge in [0.05, 0.1) is 4.90 Å². The average molecular weight is 440 g/mol. The molecule has 1 aliphatic rings. The summed E-state index contributed by atoms with van der Waals surface area (Å²) in [5.74, 6) is 0. The predicted octanol–water partition coefficient (Wildman–Crippen LogP) is 3.28. The molecule has 1 heterocycles. The lowest BCUT2D eigenvalue weighted by Crippen LogP contribution is -2.51. The van der Waals surface area contributed by atoms with E-state index in [9.17, 15) is 8.42 Å². The molecule has 1 N–H and O–H groups in total. The van der Waals surface area contributed by atoms with Crippen molar-refractivity contribution in [1.82, 2.24) is 9.62 Å². The van der Waals surface area contributed by atoms with Gasteiger partial charge in [-0.25, -0.2) is 8.42 Å². The first-order valence-corrected chi connectivity index (χ1v) is 9.87. The van der Waals surface area contributed by atoms with Crippen LogP contribution in [0.3, 0.4) is 0 Å². The Kier molecular flexibility index (Phi) is 5.20. The van der Waals surface area contributed by atoms with Gasteiger partial charge in [0, 0.05) is 27.6 Å². The number of hydrogen-bond acceptors (Lipinski definition) is 3. The summed E-state index contributed by atoms with van der Waals surface area (Å²) in [7, 11) is -1.53. The van der Waals surface area contributed by atoms with Crippen molar-refractivity contribution in [3.63, 3.8) is 0 Å². The quantitative estimate of drug-likeness (QED) is 0.785. The second kappa shape index (κ2) is 6.28. The highest BCUT2D eigenvalue weighted by Gasteiger charge is 2.35. The van der Waals surface area contributed by atoms with E-state index in [4.69, 9.17) is 0 Å². The van der Waals surface area contributed by atoms with Crippen LogP contribution < -0.4 is 5.32 Å². The van der Waals surface area contributed by atoms with Crippen LogP contribution in [0.4, 0.5) is 0 Å². The summed E-state index contributed by atoms with van der Waals surface area (Å²) >= 11 is 6.79. The molecule has 1 fully saturated rings. The zero-order chi connectivity index (χ0) is 15.8. The molecular formula is C14H20Br2N2O2S. The number of nitrogens with one attached hydrogen (secondary N) is 1. The lowest BCUT2D eigenvalue weighted by atomic mass is 9.91. The first-order chi connectivity index (χ1) is 9.69. The topological polar surface area (TPSA) is 49.4 Å². The molecule has 1 aliphatic heterocycles. The lowest BCUT2D eigenvalue weighted by Gasteiger charge is -2.38. The van der Waals surface area contributed by atoms with Crippen molar-refractivity contribution in [3.05, 3.63) is 26.6 Å². The van der Waals surface area contributed by atoms with Gasteiger partial charge in [-0.15, -0.1) is 0 Å². The Morgan fingerprint density at radius 2 is 1.76 bits per heavy atom. The minimum atomic E-state index is -3.46. The Morgan fingerprint density at radius 1 is 1.19 bits per heavy atom. The van der Waals surface area contributed by atoms with E-state index in [1.54, 1.807) is 10.4 Å². The van der Waals surface area contributed by atoms with Crippen molar-refractivity contribution in [2.45, 2.75) is 37.1 Å². The summed E-state index contributed by atoms with van der Waals surface area (Å²) in [6, 6.07) is 3.51. The van der Waals surface area contributed by atoms with Gasteiger partial charge in [0.25, 0.3) is 0 Å². The van der Waals surface area contributed by atoms with Gasteiger partial charge in [-0.2, -0.15) is 4.31 Å². The highest BCUT2D eigenvalue weighted by atomic mass is 79.9. The molecule has 0 unspecified atom stereocenters. The zero-order valence-electron chi connectivity index (χ0n) is 12.4. The summed E-state index contributed by atoms with van der Waals surface area (Å²) in [5.41, 5.74) is 1.03. The van der Waals surface area contributed by atoms with Crippen LogP contribution in [0, 0.1) is 6.92 Å². The van der Waals surface area contributed by atoms with Crippen LogP contribution in [0.15, 0.2) is 26.0 Å². The molecule has 1 aromatic carbocycles. The van der Waals surface area contributed by atoms with E-state index in [2.05, 4.69) is 44.1 Å². The number of halogens is 2. The van der Waals surface area contributed by atoms with Crippen LogP contribution >= 0.6 is 31.9 Å². The summed E-state index contributed by atoms with van der Waals surface area (Å²) in [6.45, 7) is 5.15. The Labute approximate surface area is 143 Å². The van der Waals surface area contributed by atoms with E-state index in [1.165, 1.54) is 0 Å². The summed E-state index contributed by atoms with van der Waals surface area (Å²) in [5, 5.41) is 3.28. The van der Waals surface area contributed by atoms with Gasteiger partial charge in [0.15, 0.2) is 0 Å². The van der Waals surface area contributed by atoms with Crippen molar-refractivity contribution in [1.29, 1.82) is 0 Å². The molecule has 2 rings (SSSR count). The van der Waals surface area contributed by atoms with Gasteiger partial charge in [-0.3, -0.25) is 0 Å². The predicted molar refractivity (Wildman–Crippen MR) is 92.0 cm³/mol. The van der Waals surface area contributed by atoms with Crippen LogP contribution in [-0.2, 0) is 10.0 Å². The first-order valence-electron chi connectivity index (χ1n) is 6.84. The van der Waals surface area contributed by atoms with Gasteiger partial charge in [-0.05, 0) is 67.4 Å². The number of piperidine rings is 1. The van der Waals surface area contributed by atoms with Crippen molar-refractivity contribution in [3.8, 4) is 0 Å². The zero-order valence-corrected chi connectivity index (χ0v) is 16.4. The fraction of sp³-hybridized carbons (Fsp3) is 0.571. The van der Waals surface area contributed by atoms with Crippen molar-refractivity contribution in [2.75, 3.05) is 20.1 Å². The van der Waals surface area contributed by atoms with Gasteiger partial charge >= 0.3 is 0 Å². The molecule has 4 nitrogen and oxygen atoms in total. The van der Waals surface area contributed by atoms with Crippen LogP contribution in [-0.4, -0.2) is 38.4 Å². The number of aryl methyl sites for hydroxylation is 1. The van der Waals surface area contributed by atoms with E-state index in [0.717, 1.165) is 22.9 Å². The molecule has 0 amide bonds. The van der Waals surface area contributed by atoms with Crippen LogP contribution in [0.2, 0.25) is 0 Å². The van der Waals surface area contributed by atoms with E-state index in [1.807, 2.05) is 20.0 Å². The SMILES string of the molecule is CNC1(C)CCN(S(=O)(=O)c2cc(Br)c(C)cc2Br)CC1. The van der Waals surface area contributed by atoms with E-state index >= 15 is 0 Å². The molecule has 0 radical (unpaired) electrons. The highest BCUT2D eigenvalue weighted by molar-refractivity contribution is 9.11. The minimum Gasteiger partial charge on any atom is -0.314 e. The van der Waals surface area contributed by atoms with Crippen molar-refractivity contribution >= 4 is 41.9 Å². The highest BCUT2D eigenvalue weighted by Crippen LogP contribution is 2.33. The third-order valence-corrected chi connectivity index (χ3v) is 7.97. The maximum absolute atomic E-state index is 12.8. The van der Waals surface area contributed by atoms with E-state index in [0.29, 0.717) is 22.5 Å². The van der Waals surface area contributed by atoms with Crippen molar-refractivity contribution < 1.29 is 8.42 Å². The summed E-state index contributed by atoms with van der Waals surface area (Å²) < 4.78 is 28.7. The van der Waals surface area contributed by atoms with Gasteiger partial charge < -0.3 is 5.32 Å². The maximum Gasteiger partial charge on any atom is 0.244 e. The molecule has 0 spiro atoms. The molecule has 1 saturated heterocycles. The molecule has 0 atom stereocenters. The second-order valence-corrected chi connectivity index (χ2v) is 9.36. The molecule has 118 valence electrons. The lowest BCUT2D eigenvalue weighted by molar-refractivity contribution is 0.219. The van der Waals surface area contributed by atoms with Gasteiger partial charge in [0.2, 0.25) is 10.0 Å². The van der Waals surface area contributed by atoms with Gasteiger partial charge in [-0.1, -0.05) is 15.9 Å².